The van der Waals surface area contributed by atoms with E-state index in [1.807, 2.05) is 0 Å². The Morgan fingerprint density at radius 3 is 1.43 bits per heavy atom. The molecule has 0 saturated heterocycles. The van der Waals surface area contributed by atoms with Gasteiger partial charge in [0.1, 0.15) is 5.75 Å². The zero-order valence-corrected chi connectivity index (χ0v) is 43.2. The number of fused-ring (bicyclic) bond motifs is 5. The van der Waals surface area contributed by atoms with E-state index in [-0.39, 0.29) is 0 Å². The molecule has 13 rings (SSSR count). The predicted octanol–water partition coefficient (Wildman–Crippen LogP) is 19.6. The third-order valence-electron chi connectivity index (χ3n) is 15.7. The van der Waals surface area contributed by atoms with Gasteiger partial charge in [-0.3, -0.25) is 0 Å². The molecule has 364 valence electrons. The number of hydrogen-bond donors (Lipinski definition) is 0. The van der Waals surface area contributed by atoms with E-state index < -0.39 is 5.41 Å². The van der Waals surface area contributed by atoms with Gasteiger partial charge >= 0.3 is 0 Å². The van der Waals surface area contributed by atoms with Gasteiger partial charge in [0.05, 0.1) is 23.9 Å². The van der Waals surface area contributed by atoms with Crippen LogP contribution in [-0.4, -0.2) is 7.11 Å². The van der Waals surface area contributed by atoms with Crippen LogP contribution in [0.25, 0.3) is 54.9 Å². The molecule has 76 heavy (non-hydrogen) atoms. The number of anilines is 6. The van der Waals surface area contributed by atoms with Crippen LogP contribution in [0.2, 0.25) is 0 Å². The van der Waals surface area contributed by atoms with Crippen LogP contribution < -0.4 is 14.5 Å². The van der Waals surface area contributed by atoms with Gasteiger partial charge < -0.3 is 14.5 Å². The van der Waals surface area contributed by atoms with Gasteiger partial charge in [0.25, 0.3) is 0 Å². The molecule has 0 radical (unpaired) electrons. The van der Waals surface area contributed by atoms with Gasteiger partial charge in [0, 0.05) is 33.5 Å². The molecule has 3 heteroatoms. The first kappa shape index (κ1) is 46.4. The fourth-order valence-corrected chi connectivity index (χ4v) is 12.0. The van der Waals surface area contributed by atoms with Crippen LogP contribution >= 0.6 is 0 Å². The van der Waals surface area contributed by atoms with E-state index in [1.165, 1.54) is 71.6 Å². The Hall–Kier alpha value is -9.44. The number of aryl methyl sites for hydroxylation is 3. The lowest BCUT2D eigenvalue weighted by molar-refractivity contribution is 0.414. The summed E-state index contributed by atoms with van der Waals surface area (Å²) in [5.74, 6) is 0.842. The van der Waals surface area contributed by atoms with Crippen molar-refractivity contribution in [2.24, 2.45) is 0 Å². The largest absolute Gasteiger partial charge is 0.497 e. The number of hydrogen-bond acceptors (Lipinski definition) is 3. The van der Waals surface area contributed by atoms with Gasteiger partial charge in [-0.1, -0.05) is 194 Å². The van der Waals surface area contributed by atoms with Crippen LogP contribution in [0, 0.1) is 20.8 Å². The van der Waals surface area contributed by atoms with Gasteiger partial charge in [0.2, 0.25) is 0 Å². The van der Waals surface area contributed by atoms with E-state index in [1.54, 1.807) is 7.11 Å². The smallest absolute Gasteiger partial charge is 0.118 e. The topological polar surface area (TPSA) is 15.7 Å². The lowest BCUT2D eigenvalue weighted by Gasteiger charge is -2.34. The molecule has 0 fully saturated rings. The predicted molar refractivity (Wildman–Crippen MR) is 320 cm³/mol. The number of methoxy groups -OCH3 is 1. The summed E-state index contributed by atoms with van der Waals surface area (Å²) in [6.45, 7) is 6.57. The summed E-state index contributed by atoms with van der Waals surface area (Å²) < 4.78 is 5.71. The Balaban J connectivity index is 0.906. The highest BCUT2D eigenvalue weighted by atomic mass is 16.5. The second-order valence-corrected chi connectivity index (χ2v) is 20.3. The van der Waals surface area contributed by atoms with Crippen LogP contribution in [0.1, 0.15) is 38.9 Å². The molecule has 1 unspecified atom stereocenters. The fourth-order valence-electron chi connectivity index (χ4n) is 12.0. The number of ether oxygens (including phenoxy) is 1. The Labute approximate surface area is 446 Å². The van der Waals surface area contributed by atoms with Crippen molar-refractivity contribution in [2.75, 3.05) is 16.9 Å². The van der Waals surface area contributed by atoms with E-state index in [0.29, 0.717) is 0 Å². The van der Waals surface area contributed by atoms with Crippen LogP contribution in [-0.2, 0) is 5.41 Å². The van der Waals surface area contributed by atoms with Gasteiger partial charge in [-0.2, -0.15) is 0 Å². The van der Waals surface area contributed by atoms with E-state index in [4.69, 9.17) is 4.74 Å². The molecule has 0 N–H and O–H groups in total. The fraction of sp³-hybridized carbons (Fsp3) is 0.0685. The molecule has 1 aliphatic rings. The van der Waals surface area contributed by atoms with E-state index in [0.717, 1.165) is 62.1 Å². The molecule has 0 aliphatic heterocycles. The molecule has 12 aromatic carbocycles. The quantitative estimate of drug-likeness (QED) is 0.128. The minimum Gasteiger partial charge on any atom is -0.497 e. The maximum atomic E-state index is 5.71. The van der Waals surface area contributed by atoms with Crippen molar-refractivity contribution in [3.63, 3.8) is 0 Å². The summed E-state index contributed by atoms with van der Waals surface area (Å²) in [6.07, 6.45) is 0. The van der Waals surface area contributed by atoms with Crippen LogP contribution in [0.4, 0.5) is 34.1 Å². The molecule has 1 aliphatic carbocycles. The Morgan fingerprint density at radius 1 is 0.342 bits per heavy atom. The van der Waals surface area contributed by atoms with E-state index in [9.17, 15) is 0 Å². The minimum absolute atomic E-state index is 0.557. The van der Waals surface area contributed by atoms with Crippen molar-refractivity contribution >= 4 is 55.7 Å². The van der Waals surface area contributed by atoms with Crippen LogP contribution in [0.3, 0.4) is 0 Å². The average molecular weight is 977 g/mol. The summed E-state index contributed by atoms with van der Waals surface area (Å²) in [7, 11) is 1.74. The van der Waals surface area contributed by atoms with Crippen molar-refractivity contribution < 1.29 is 4.74 Å². The summed E-state index contributed by atoms with van der Waals surface area (Å²) in [6, 6.07) is 98.2. The van der Waals surface area contributed by atoms with Crippen LogP contribution in [0.5, 0.6) is 5.75 Å². The first-order valence-electron chi connectivity index (χ1n) is 26.3. The third kappa shape index (κ3) is 7.91. The van der Waals surface area contributed by atoms with Crippen molar-refractivity contribution in [3.05, 3.63) is 306 Å². The summed E-state index contributed by atoms with van der Waals surface area (Å²) in [5.41, 5.74) is 22.0. The second kappa shape index (κ2) is 19.1. The van der Waals surface area contributed by atoms with Crippen LogP contribution in [0.15, 0.2) is 267 Å². The van der Waals surface area contributed by atoms with Crippen molar-refractivity contribution in [1.29, 1.82) is 0 Å². The lowest BCUT2D eigenvalue weighted by Crippen LogP contribution is -2.28. The third-order valence-corrected chi connectivity index (χ3v) is 15.7. The Kier molecular flexibility index (Phi) is 11.7. The van der Waals surface area contributed by atoms with E-state index >= 15 is 0 Å². The first-order valence-corrected chi connectivity index (χ1v) is 26.3. The number of rotatable bonds is 11. The molecule has 3 nitrogen and oxygen atoms in total. The van der Waals surface area contributed by atoms with Gasteiger partial charge in [-0.25, -0.2) is 0 Å². The zero-order valence-electron chi connectivity index (χ0n) is 43.2. The molecule has 0 spiro atoms. The average Bonchev–Trinajstić information content (AvgIpc) is 3.81. The summed E-state index contributed by atoms with van der Waals surface area (Å²) >= 11 is 0. The second-order valence-electron chi connectivity index (χ2n) is 20.3. The molecule has 0 aromatic heterocycles. The molecular weight excluding hydrogens is 921 g/mol. The Bertz CT molecular complexity index is 4110. The lowest BCUT2D eigenvalue weighted by atomic mass is 9.67. The highest BCUT2D eigenvalue weighted by Crippen LogP contribution is 2.58. The zero-order chi connectivity index (χ0) is 51.3. The molecule has 1 atom stereocenters. The standard InChI is InChI=1S/C73H56N2O/c1-49-28-35-58(36-29-49)73(59-37-43-64(76-4)44-38-59)68-25-10-15-51(3)72(68)67-45-34-57(48-69(67)73)56-20-11-22-63(47-56)75(71-27-13-19-55-17-6-8-24-66(55)71)61-41-32-53(33-42-61)52-30-39-60(40-31-52)74(62-21-9-14-50(2)46-62)70-26-12-18-54-16-5-7-23-65(54)70/h5-48H,1-4H3. The SMILES string of the molecule is COc1ccc(C2(c3ccc(C)cc3)c3cc(-c4cccc(N(c5ccc(-c6ccc(N(c7cccc(C)c7)c7cccc8ccccc78)cc6)cc5)c5cccc6ccccc56)c4)ccc3-c3c(C)cccc32)cc1. The molecule has 0 heterocycles. The molecule has 0 bridgehead atoms. The number of benzene rings is 12. The maximum absolute atomic E-state index is 5.71. The molecule has 12 aromatic rings. The highest BCUT2D eigenvalue weighted by molar-refractivity contribution is 6.01. The number of nitrogens with zero attached hydrogens (tertiary/aromatic N) is 2. The van der Waals surface area contributed by atoms with Gasteiger partial charge in [-0.15, -0.1) is 0 Å². The summed E-state index contributed by atoms with van der Waals surface area (Å²) in [4.78, 5) is 4.80. The summed E-state index contributed by atoms with van der Waals surface area (Å²) in [5, 5.41) is 4.81. The monoisotopic (exact) mass is 976 g/mol. The first-order chi connectivity index (χ1) is 37.3. The molecular formula is C73H56N2O. The Morgan fingerprint density at radius 2 is 0.842 bits per heavy atom. The maximum Gasteiger partial charge on any atom is 0.118 e. The molecule has 0 saturated carbocycles. The minimum atomic E-state index is -0.557. The van der Waals surface area contributed by atoms with Crippen molar-refractivity contribution in [1.82, 2.24) is 0 Å². The highest BCUT2D eigenvalue weighted by Gasteiger charge is 2.47. The van der Waals surface area contributed by atoms with E-state index in [2.05, 4.69) is 297 Å². The normalized spacial score (nSPS) is 13.6. The van der Waals surface area contributed by atoms with Crippen molar-refractivity contribution in [2.45, 2.75) is 26.2 Å². The van der Waals surface area contributed by atoms with Crippen molar-refractivity contribution in [3.8, 4) is 39.1 Å². The van der Waals surface area contributed by atoms with Gasteiger partial charge in [0.15, 0.2) is 0 Å². The van der Waals surface area contributed by atoms with Gasteiger partial charge in [-0.05, 0) is 177 Å². The molecule has 0 amide bonds.